The van der Waals surface area contributed by atoms with E-state index in [0.717, 1.165) is 27.3 Å². The normalized spacial score (nSPS) is 10.1. The van der Waals surface area contributed by atoms with Crippen LogP contribution in [0.4, 0.5) is 5.00 Å². The summed E-state index contributed by atoms with van der Waals surface area (Å²) in [5, 5.41) is 12.5. The Hall–Kier alpha value is -2.32. The maximum absolute atomic E-state index is 12.1. The lowest BCUT2D eigenvalue weighted by molar-refractivity contribution is -0.118. The molecule has 2 rings (SSSR count). The summed E-state index contributed by atoms with van der Waals surface area (Å²) in [7, 11) is 0. The fourth-order valence-electron chi connectivity index (χ4n) is 2.18. The third-order valence-electron chi connectivity index (χ3n) is 3.51. The summed E-state index contributed by atoms with van der Waals surface area (Å²) in [5.74, 6) is 0.470. The van der Waals surface area contributed by atoms with Crippen molar-refractivity contribution in [2.75, 3.05) is 11.9 Å². The lowest BCUT2D eigenvalue weighted by atomic mass is 10.1. The van der Waals surface area contributed by atoms with Gasteiger partial charge >= 0.3 is 0 Å². The predicted molar refractivity (Wildman–Crippen MR) is 88.5 cm³/mol. The molecule has 0 radical (unpaired) electrons. The van der Waals surface area contributed by atoms with Gasteiger partial charge in [-0.25, -0.2) is 0 Å². The molecule has 0 saturated carbocycles. The number of thiophene rings is 1. The molecule has 2 aromatic rings. The number of nitrogens with one attached hydrogen (secondary N) is 1. The average molecular weight is 314 g/mol. The summed E-state index contributed by atoms with van der Waals surface area (Å²) < 4.78 is 5.62. The van der Waals surface area contributed by atoms with Gasteiger partial charge in [-0.1, -0.05) is 18.2 Å². The number of carbonyl (C=O) groups excluding carboxylic acids is 1. The number of benzene rings is 1. The van der Waals surface area contributed by atoms with E-state index in [-0.39, 0.29) is 12.5 Å². The summed E-state index contributed by atoms with van der Waals surface area (Å²) in [4.78, 5) is 13.1. The van der Waals surface area contributed by atoms with Crippen LogP contribution >= 0.6 is 11.3 Å². The van der Waals surface area contributed by atoms with E-state index in [1.165, 1.54) is 11.3 Å². The van der Waals surface area contributed by atoms with Crippen molar-refractivity contribution in [1.82, 2.24) is 0 Å². The van der Waals surface area contributed by atoms with Crippen molar-refractivity contribution in [3.05, 3.63) is 45.3 Å². The number of amides is 1. The summed E-state index contributed by atoms with van der Waals surface area (Å²) in [5.41, 5.74) is 3.43. The van der Waals surface area contributed by atoms with Gasteiger partial charge in [0.05, 0.1) is 5.56 Å². The Bertz CT molecular complexity index is 736. The van der Waals surface area contributed by atoms with Gasteiger partial charge in [0.15, 0.2) is 6.61 Å². The highest BCUT2D eigenvalue weighted by Gasteiger charge is 2.15. The number of nitrogens with zero attached hydrogens (tertiary/aromatic N) is 1. The topological polar surface area (TPSA) is 62.1 Å². The Morgan fingerprint density at radius 1 is 1.27 bits per heavy atom. The minimum atomic E-state index is -0.264. The molecule has 1 amide bonds. The van der Waals surface area contributed by atoms with Crippen molar-refractivity contribution in [2.45, 2.75) is 27.7 Å². The number of rotatable bonds is 4. The van der Waals surface area contributed by atoms with E-state index in [9.17, 15) is 10.1 Å². The van der Waals surface area contributed by atoms with Crippen LogP contribution in [0, 0.1) is 39.0 Å². The second-order valence-electron chi connectivity index (χ2n) is 5.16. The zero-order chi connectivity index (χ0) is 16.3. The molecule has 22 heavy (non-hydrogen) atoms. The number of hydrogen-bond acceptors (Lipinski definition) is 4. The molecule has 1 heterocycles. The number of carbonyl (C=O) groups is 1. The Morgan fingerprint density at radius 3 is 2.50 bits per heavy atom. The van der Waals surface area contributed by atoms with Gasteiger partial charge in [-0.05, 0) is 44.4 Å². The van der Waals surface area contributed by atoms with Crippen molar-refractivity contribution >= 4 is 22.2 Å². The van der Waals surface area contributed by atoms with Crippen LogP contribution in [0.2, 0.25) is 0 Å². The monoisotopic (exact) mass is 314 g/mol. The van der Waals surface area contributed by atoms with Crippen LogP contribution in [0.3, 0.4) is 0 Å². The summed E-state index contributed by atoms with van der Waals surface area (Å²) in [6.07, 6.45) is 0. The molecule has 0 bridgehead atoms. The van der Waals surface area contributed by atoms with Gasteiger partial charge in [-0.2, -0.15) is 5.26 Å². The quantitative estimate of drug-likeness (QED) is 0.931. The van der Waals surface area contributed by atoms with Crippen LogP contribution in [0.1, 0.15) is 27.1 Å². The van der Waals surface area contributed by atoms with E-state index in [4.69, 9.17) is 4.74 Å². The Kier molecular flexibility index (Phi) is 4.84. The van der Waals surface area contributed by atoms with Crippen molar-refractivity contribution in [2.24, 2.45) is 0 Å². The minimum Gasteiger partial charge on any atom is -0.483 e. The van der Waals surface area contributed by atoms with Crippen LogP contribution < -0.4 is 10.1 Å². The Balaban J connectivity index is 2.06. The number of hydrogen-bond donors (Lipinski definition) is 1. The first-order chi connectivity index (χ1) is 10.4. The molecule has 5 heteroatoms. The highest BCUT2D eigenvalue weighted by atomic mass is 32.1. The SMILES string of the molecule is Cc1cccc(C)c1OCC(=O)Nc1sc(C)c(C)c1C#N. The maximum Gasteiger partial charge on any atom is 0.262 e. The molecule has 0 aliphatic heterocycles. The fourth-order valence-corrected chi connectivity index (χ4v) is 3.20. The van der Waals surface area contributed by atoms with Crippen molar-refractivity contribution < 1.29 is 9.53 Å². The molecule has 1 aromatic heterocycles. The highest BCUT2D eigenvalue weighted by Crippen LogP contribution is 2.31. The molecule has 0 aliphatic rings. The van der Waals surface area contributed by atoms with Crippen molar-refractivity contribution in [1.29, 1.82) is 5.26 Å². The first kappa shape index (κ1) is 16.1. The summed E-state index contributed by atoms with van der Waals surface area (Å²) >= 11 is 1.41. The smallest absolute Gasteiger partial charge is 0.262 e. The van der Waals surface area contributed by atoms with Gasteiger partial charge in [0.2, 0.25) is 0 Å². The maximum atomic E-state index is 12.1. The van der Waals surface area contributed by atoms with Crippen LogP contribution in [-0.4, -0.2) is 12.5 Å². The van der Waals surface area contributed by atoms with E-state index in [2.05, 4.69) is 11.4 Å². The third-order valence-corrected chi connectivity index (χ3v) is 4.63. The number of aryl methyl sites for hydroxylation is 3. The zero-order valence-corrected chi connectivity index (χ0v) is 13.9. The van der Waals surface area contributed by atoms with Crippen LogP contribution in [0.25, 0.3) is 0 Å². The highest BCUT2D eigenvalue weighted by molar-refractivity contribution is 7.16. The fraction of sp³-hybridized carbons (Fsp3) is 0.294. The van der Waals surface area contributed by atoms with E-state index in [1.807, 2.05) is 45.9 Å². The summed E-state index contributed by atoms with van der Waals surface area (Å²) in [6, 6.07) is 7.98. The molecule has 0 spiro atoms. The standard InChI is InChI=1S/C17H18N2O2S/c1-10-6-5-7-11(2)16(10)21-9-15(20)19-17-14(8-18)12(3)13(4)22-17/h5-7H,9H2,1-4H3,(H,19,20). The van der Waals surface area contributed by atoms with Gasteiger partial charge in [0, 0.05) is 4.88 Å². The predicted octanol–water partition coefficient (Wildman–Crippen LogP) is 3.87. The largest absolute Gasteiger partial charge is 0.483 e. The van der Waals surface area contributed by atoms with Crippen LogP contribution in [0.15, 0.2) is 18.2 Å². The van der Waals surface area contributed by atoms with Crippen molar-refractivity contribution in [3.63, 3.8) is 0 Å². The molecule has 114 valence electrons. The molecule has 0 fully saturated rings. The minimum absolute atomic E-state index is 0.0768. The molecule has 0 unspecified atom stereocenters. The molecule has 0 aliphatic carbocycles. The first-order valence-electron chi connectivity index (χ1n) is 6.93. The Morgan fingerprint density at radius 2 is 1.91 bits per heavy atom. The molecular weight excluding hydrogens is 296 g/mol. The molecule has 4 nitrogen and oxygen atoms in total. The lowest BCUT2D eigenvalue weighted by Crippen LogP contribution is -2.20. The van der Waals surface area contributed by atoms with E-state index in [1.54, 1.807) is 0 Å². The van der Waals surface area contributed by atoms with Crippen LogP contribution in [0.5, 0.6) is 5.75 Å². The van der Waals surface area contributed by atoms with E-state index >= 15 is 0 Å². The average Bonchev–Trinajstić information content (AvgIpc) is 2.72. The molecule has 0 saturated heterocycles. The first-order valence-corrected chi connectivity index (χ1v) is 7.74. The molecule has 0 atom stereocenters. The van der Waals surface area contributed by atoms with Crippen molar-refractivity contribution in [3.8, 4) is 11.8 Å². The van der Waals surface area contributed by atoms with Gasteiger partial charge in [-0.15, -0.1) is 11.3 Å². The zero-order valence-electron chi connectivity index (χ0n) is 13.1. The van der Waals surface area contributed by atoms with Crippen LogP contribution in [-0.2, 0) is 4.79 Å². The number of anilines is 1. The molecular formula is C17H18N2O2S. The second-order valence-corrected chi connectivity index (χ2v) is 6.38. The lowest BCUT2D eigenvalue weighted by Gasteiger charge is -2.11. The van der Waals surface area contributed by atoms with Gasteiger partial charge in [-0.3, -0.25) is 4.79 Å². The Labute approximate surface area is 134 Å². The molecule has 1 aromatic carbocycles. The van der Waals surface area contributed by atoms with Gasteiger partial charge in [0.25, 0.3) is 5.91 Å². The van der Waals surface area contributed by atoms with E-state index < -0.39 is 0 Å². The number of para-hydroxylation sites is 1. The number of ether oxygens (including phenoxy) is 1. The van der Waals surface area contributed by atoms with Gasteiger partial charge in [0.1, 0.15) is 16.8 Å². The van der Waals surface area contributed by atoms with Gasteiger partial charge < -0.3 is 10.1 Å². The summed E-state index contributed by atoms with van der Waals surface area (Å²) in [6.45, 7) is 7.63. The second kappa shape index (κ2) is 6.63. The molecule has 1 N–H and O–H groups in total. The van der Waals surface area contributed by atoms with E-state index in [0.29, 0.717) is 10.6 Å². The third kappa shape index (κ3) is 3.29. The number of nitriles is 1.